The van der Waals surface area contributed by atoms with Gasteiger partial charge in [0.15, 0.2) is 12.2 Å². The molecule has 0 saturated heterocycles. The smallest absolute Gasteiger partial charge is 0.462 e. The van der Waals surface area contributed by atoms with Crippen LogP contribution in [0.5, 0.6) is 0 Å². The Morgan fingerprint density at radius 2 is 0.510 bits per heavy atom. The van der Waals surface area contributed by atoms with Crippen LogP contribution in [0.4, 0.5) is 0 Å². The second kappa shape index (κ2) is 74.0. The number of aliphatic hydroxyl groups excluding tert-OH is 1. The van der Waals surface area contributed by atoms with Gasteiger partial charge in [-0.05, 0) is 161 Å². The lowest BCUT2D eigenvalue weighted by atomic mass is 10.1. The predicted octanol–water partition coefficient (Wildman–Crippen LogP) is 22.4. The van der Waals surface area contributed by atoms with Crippen LogP contribution < -0.4 is 0 Å². The van der Waals surface area contributed by atoms with E-state index in [0.717, 1.165) is 205 Å². The van der Waals surface area contributed by atoms with E-state index in [-0.39, 0.29) is 25.7 Å². The van der Waals surface area contributed by atoms with Gasteiger partial charge in [-0.2, -0.15) is 0 Å². The number of hydrogen-bond acceptors (Lipinski definition) is 15. The molecular formula is C83H136O17P2. The Balaban J connectivity index is 5.41. The van der Waals surface area contributed by atoms with Gasteiger partial charge in [0.05, 0.1) is 26.4 Å². The van der Waals surface area contributed by atoms with Gasteiger partial charge in [-0.3, -0.25) is 37.3 Å². The molecule has 0 aromatic rings. The van der Waals surface area contributed by atoms with E-state index in [0.29, 0.717) is 25.7 Å². The summed E-state index contributed by atoms with van der Waals surface area (Å²) in [6, 6.07) is 0. The van der Waals surface area contributed by atoms with Gasteiger partial charge in [0.2, 0.25) is 0 Å². The Morgan fingerprint density at radius 1 is 0.284 bits per heavy atom. The van der Waals surface area contributed by atoms with Crippen molar-refractivity contribution >= 4 is 39.5 Å². The molecule has 3 N–H and O–H groups in total. The molecule has 0 aliphatic rings. The summed E-state index contributed by atoms with van der Waals surface area (Å²) >= 11 is 0. The third-order valence-corrected chi connectivity index (χ3v) is 17.4. The Labute approximate surface area is 617 Å². The number of phosphoric acid groups is 2. The molecule has 0 amide bonds. The van der Waals surface area contributed by atoms with Crippen LogP contribution in [0.3, 0.4) is 0 Å². The maximum Gasteiger partial charge on any atom is 0.472 e. The molecule has 0 aromatic carbocycles. The van der Waals surface area contributed by atoms with Crippen LogP contribution in [-0.4, -0.2) is 96.7 Å². The van der Waals surface area contributed by atoms with Crippen LogP contribution >= 0.6 is 15.6 Å². The van der Waals surface area contributed by atoms with Crippen molar-refractivity contribution < 1.29 is 80.2 Å². The van der Waals surface area contributed by atoms with Gasteiger partial charge >= 0.3 is 39.5 Å². The van der Waals surface area contributed by atoms with E-state index in [1.165, 1.54) is 0 Å². The minimum atomic E-state index is -5.00. The lowest BCUT2D eigenvalue weighted by Gasteiger charge is -2.21. The maximum atomic E-state index is 13.1. The number of rotatable bonds is 71. The van der Waals surface area contributed by atoms with Crippen molar-refractivity contribution in [3.05, 3.63) is 158 Å². The van der Waals surface area contributed by atoms with Gasteiger partial charge in [-0.1, -0.05) is 256 Å². The fraction of sp³-hybridized carbons (Fsp3) is 0.639. The van der Waals surface area contributed by atoms with E-state index >= 15 is 0 Å². The highest BCUT2D eigenvalue weighted by Crippen LogP contribution is 2.45. The molecule has 0 saturated carbocycles. The largest absolute Gasteiger partial charge is 0.472 e. The summed E-state index contributed by atoms with van der Waals surface area (Å²) in [5.74, 6) is -2.28. The molecule has 0 spiro atoms. The minimum Gasteiger partial charge on any atom is -0.462 e. The molecule has 0 fully saturated rings. The van der Waals surface area contributed by atoms with Gasteiger partial charge < -0.3 is 33.8 Å². The number of carbonyl (C=O) groups excluding carboxylic acids is 4. The first kappa shape index (κ1) is 96.7. The Hall–Kier alpha value is -5.32. The molecule has 17 nitrogen and oxygen atoms in total. The van der Waals surface area contributed by atoms with Crippen molar-refractivity contribution in [2.24, 2.45) is 0 Å². The van der Waals surface area contributed by atoms with Crippen molar-refractivity contribution in [2.75, 3.05) is 39.6 Å². The van der Waals surface area contributed by atoms with E-state index in [4.69, 9.17) is 37.0 Å². The van der Waals surface area contributed by atoms with E-state index in [9.17, 15) is 43.2 Å². The highest BCUT2D eigenvalue weighted by atomic mass is 31.2. The zero-order valence-electron chi connectivity index (χ0n) is 63.2. The van der Waals surface area contributed by atoms with Crippen LogP contribution in [0, 0.1) is 0 Å². The average molecular weight is 1470 g/mol. The molecule has 580 valence electrons. The van der Waals surface area contributed by atoms with Crippen LogP contribution in [0.25, 0.3) is 0 Å². The number of esters is 4. The summed E-state index contributed by atoms with van der Waals surface area (Å²) in [5.41, 5.74) is 0. The number of hydrogen-bond donors (Lipinski definition) is 3. The monoisotopic (exact) mass is 1470 g/mol. The zero-order valence-corrected chi connectivity index (χ0v) is 65.0. The summed E-state index contributed by atoms with van der Waals surface area (Å²) in [6.07, 6.45) is 85.2. The van der Waals surface area contributed by atoms with Crippen molar-refractivity contribution in [1.29, 1.82) is 0 Å². The molecule has 0 aliphatic carbocycles. The minimum absolute atomic E-state index is 0.0609. The molecular weight excluding hydrogens is 1330 g/mol. The normalized spacial score (nSPS) is 14.8. The second-order valence-corrected chi connectivity index (χ2v) is 28.1. The van der Waals surface area contributed by atoms with Gasteiger partial charge in [0, 0.05) is 25.7 Å². The summed E-state index contributed by atoms with van der Waals surface area (Å²) < 4.78 is 68.5. The molecule has 0 bridgehead atoms. The van der Waals surface area contributed by atoms with E-state index < -0.39 is 97.5 Å². The molecule has 5 atom stereocenters. The Bertz CT molecular complexity index is 2550. The van der Waals surface area contributed by atoms with E-state index in [1.54, 1.807) is 0 Å². The van der Waals surface area contributed by atoms with Gasteiger partial charge in [0.25, 0.3) is 0 Å². The molecule has 0 aromatic heterocycles. The zero-order chi connectivity index (χ0) is 74.6. The predicted molar refractivity (Wildman–Crippen MR) is 417 cm³/mol. The lowest BCUT2D eigenvalue weighted by molar-refractivity contribution is -0.161. The van der Waals surface area contributed by atoms with E-state index in [1.807, 2.05) is 0 Å². The maximum absolute atomic E-state index is 13.1. The number of phosphoric ester groups is 2. The Kier molecular flexibility index (Phi) is 70.1. The van der Waals surface area contributed by atoms with Crippen molar-refractivity contribution in [3.8, 4) is 0 Å². The number of unbranched alkanes of at least 4 members (excludes halogenated alkanes) is 19. The van der Waals surface area contributed by atoms with Gasteiger partial charge in [0.1, 0.15) is 19.3 Å². The first-order valence-corrected chi connectivity index (χ1v) is 41.7. The fourth-order valence-corrected chi connectivity index (χ4v) is 11.2. The number of carbonyl (C=O) groups is 4. The topological polar surface area (TPSA) is 237 Å². The van der Waals surface area contributed by atoms with Crippen molar-refractivity contribution in [2.45, 2.75) is 303 Å². The van der Waals surface area contributed by atoms with Crippen molar-refractivity contribution in [1.82, 2.24) is 0 Å². The number of allylic oxidation sites excluding steroid dienone is 26. The molecule has 102 heavy (non-hydrogen) atoms. The average Bonchev–Trinajstić information content (AvgIpc) is 0.908. The van der Waals surface area contributed by atoms with Crippen LogP contribution in [0.15, 0.2) is 158 Å². The summed E-state index contributed by atoms with van der Waals surface area (Å²) in [6.45, 7) is 4.35. The van der Waals surface area contributed by atoms with Gasteiger partial charge in [-0.25, -0.2) is 9.13 Å². The van der Waals surface area contributed by atoms with Crippen LogP contribution in [0.2, 0.25) is 0 Å². The quantitative estimate of drug-likeness (QED) is 0.0169. The first-order chi connectivity index (χ1) is 49.7. The lowest BCUT2D eigenvalue weighted by Crippen LogP contribution is -2.30. The molecule has 0 rings (SSSR count). The third-order valence-electron chi connectivity index (χ3n) is 15.4. The second-order valence-electron chi connectivity index (χ2n) is 25.1. The standard InChI is InChI=1S/C83H136O17P2/c1-5-9-13-17-21-25-29-33-36-37-38-39-42-45-48-52-56-60-64-68-81(86)94-73-78(99-82(87)69-65-61-57-53-49-43-32-28-24-20-16-12-8-4)75-97-101(89,90)95-71-77(84)72-96-102(91,92)98-76-79(100-83(88)70-66-62-58-54-50-46-41-35-31-27-23-19-15-11-7-3)74-93-80(85)67-63-59-55-51-47-44-40-34-30-26-22-18-14-10-6-2/h9-11,13-16,20-23,25-28,32-36,38-41,47,51,77-79,84H,5-8,12,17-19,24,29-31,37,42-46,48-50,52-76H2,1-4H3,(H,89,90)(H,91,92)/b13-9-,14-10-,15-11-,20-16-,25-21-,26-22-,27-23-,32-28-,36-33-,39-38-,40-34-,41-35-,51-47-. The highest BCUT2D eigenvalue weighted by molar-refractivity contribution is 7.47. The Morgan fingerprint density at radius 3 is 0.804 bits per heavy atom. The first-order valence-electron chi connectivity index (χ1n) is 38.7. The van der Waals surface area contributed by atoms with Crippen molar-refractivity contribution in [3.63, 3.8) is 0 Å². The third kappa shape index (κ3) is 73.0. The fourth-order valence-electron chi connectivity index (χ4n) is 9.66. The van der Waals surface area contributed by atoms with Gasteiger partial charge in [-0.15, -0.1) is 0 Å². The molecule has 0 radical (unpaired) electrons. The molecule has 0 aliphatic heterocycles. The molecule has 5 unspecified atom stereocenters. The van der Waals surface area contributed by atoms with E-state index in [2.05, 4.69) is 186 Å². The molecule has 19 heteroatoms. The summed E-state index contributed by atoms with van der Waals surface area (Å²) in [4.78, 5) is 72.9. The van der Waals surface area contributed by atoms with Crippen LogP contribution in [0.1, 0.15) is 285 Å². The summed E-state index contributed by atoms with van der Waals surface area (Å²) in [7, 11) is -9.99. The molecule has 0 heterocycles. The highest BCUT2D eigenvalue weighted by Gasteiger charge is 2.30. The SMILES string of the molecule is CC/C=C\C/C=C\C/C=C\C/C=C\CCCCCCCCC(=O)OCC(COP(=O)(O)OCC(O)COP(=O)(O)OCC(COC(=O)CCCC/C=C\C/C=C\C/C=C\C/C=C\CC)OC(=O)CCCCCCC/C=C\C/C=C\C/C=C\CC)OC(=O)CCCCCCC/C=C\C/C=C\CCC. The number of ether oxygens (including phenoxy) is 4. The summed E-state index contributed by atoms with van der Waals surface area (Å²) in [5, 5.41) is 10.6. The number of aliphatic hydroxyl groups is 1. The van der Waals surface area contributed by atoms with Crippen LogP contribution in [-0.2, 0) is 65.4 Å².